The number of benzene rings is 2. The second-order valence-electron chi connectivity index (χ2n) is 6.25. The Bertz CT molecular complexity index is 1020. The number of carbonyl (C=O) groups excluding carboxylic acids is 2. The van der Waals surface area contributed by atoms with Gasteiger partial charge >= 0.3 is 0 Å². The van der Waals surface area contributed by atoms with E-state index in [1.807, 2.05) is 0 Å². The molecule has 0 bridgehead atoms. The summed E-state index contributed by atoms with van der Waals surface area (Å²) in [4.78, 5) is 36.3. The molecule has 1 aromatic heterocycles. The lowest BCUT2D eigenvalue weighted by Crippen LogP contribution is -2.37. The molecule has 0 fully saturated rings. The van der Waals surface area contributed by atoms with Crippen molar-refractivity contribution >= 4 is 23.2 Å². The molecule has 29 heavy (non-hydrogen) atoms. The van der Waals surface area contributed by atoms with Crippen LogP contribution >= 0.6 is 0 Å². The van der Waals surface area contributed by atoms with Crippen LogP contribution in [0, 0.1) is 10.1 Å². The summed E-state index contributed by atoms with van der Waals surface area (Å²) in [6.07, 6.45) is 3.42. The number of nitro benzene ring substituents is 1. The molecule has 0 radical (unpaired) electrons. The number of nitrogens with one attached hydrogen (secondary N) is 3. The van der Waals surface area contributed by atoms with Crippen molar-refractivity contribution in [2.24, 2.45) is 0 Å². The number of aryl methyl sites for hydroxylation is 1. The summed E-state index contributed by atoms with van der Waals surface area (Å²) in [5.41, 5.74) is 1.53. The van der Waals surface area contributed by atoms with Crippen molar-refractivity contribution < 1.29 is 14.5 Å². The number of hydrogen-bond donors (Lipinski definition) is 3. The van der Waals surface area contributed by atoms with Crippen LogP contribution in [0.2, 0.25) is 0 Å². The van der Waals surface area contributed by atoms with Gasteiger partial charge in [-0.25, -0.2) is 0 Å². The number of nitro groups is 1. The van der Waals surface area contributed by atoms with E-state index in [1.54, 1.807) is 43.3 Å². The number of hydrogen-bond acceptors (Lipinski definition) is 5. The third kappa shape index (κ3) is 4.64. The number of aromatic amines is 1. The van der Waals surface area contributed by atoms with E-state index in [0.29, 0.717) is 23.2 Å². The van der Waals surface area contributed by atoms with E-state index in [2.05, 4.69) is 20.8 Å². The second kappa shape index (κ2) is 8.79. The van der Waals surface area contributed by atoms with Gasteiger partial charge in [0.15, 0.2) is 0 Å². The Kier molecular flexibility index (Phi) is 5.98. The fourth-order valence-electron chi connectivity index (χ4n) is 2.87. The number of amides is 2. The number of carbonyl (C=O) groups is 2. The Hall–Kier alpha value is -4.01. The molecule has 0 aliphatic rings. The zero-order valence-corrected chi connectivity index (χ0v) is 15.6. The minimum absolute atomic E-state index is 0.103. The highest BCUT2D eigenvalue weighted by molar-refractivity contribution is 6.01. The summed E-state index contributed by atoms with van der Waals surface area (Å²) in [6, 6.07) is 12.0. The van der Waals surface area contributed by atoms with Crippen LogP contribution in [0.4, 0.5) is 11.4 Å². The molecule has 3 N–H and O–H groups in total. The maximum Gasteiger partial charge on any atom is 0.273 e. The van der Waals surface area contributed by atoms with Gasteiger partial charge in [-0.1, -0.05) is 43.3 Å². The normalized spacial score (nSPS) is 11.5. The van der Waals surface area contributed by atoms with Crippen molar-refractivity contribution in [1.82, 2.24) is 15.5 Å². The predicted octanol–water partition coefficient (Wildman–Crippen LogP) is 2.99. The first-order chi connectivity index (χ1) is 14.0. The fourth-order valence-corrected chi connectivity index (χ4v) is 2.87. The summed E-state index contributed by atoms with van der Waals surface area (Å²) < 4.78 is 0. The summed E-state index contributed by atoms with van der Waals surface area (Å²) in [6.45, 7) is 1.80. The number of H-pyrrole nitrogens is 1. The summed E-state index contributed by atoms with van der Waals surface area (Å²) in [7, 11) is 0. The topological polar surface area (TPSA) is 130 Å². The minimum Gasteiger partial charge on any atom is -0.336 e. The molecule has 1 atom stereocenters. The third-order valence-corrected chi connectivity index (χ3v) is 4.36. The number of anilines is 1. The maximum absolute atomic E-state index is 12.8. The molecule has 0 saturated carbocycles. The van der Waals surface area contributed by atoms with Gasteiger partial charge in [-0.05, 0) is 18.1 Å². The molecule has 1 heterocycles. The van der Waals surface area contributed by atoms with Gasteiger partial charge in [0.2, 0.25) is 0 Å². The predicted molar refractivity (Wildman–Crippen MR) is 106 cm³/mol. The van der Waals surface area contributed by atoms with E-state index in [-0.39, 0.29) is 11.3 Å². The Morgan fingerprint density at radius 3 is 2.59 bits per heavy atom. The standard InChI is InChI=1S/C20H19N5O4/c1-2-13-8-9-15(10-17(13)25(28)29)19(26)24-18(14-6-4-3-5-7-14)20(27)23-16-11-21-22-12-16/h3-12,18H,2H2,1H3,(H,21,22)(H,23,27)(H,24,26)/t18-/m0/s1. The van der Waals surface area contributed by atoms with E-state index in [4.69, 9.17) is 0 Å². The average molecular weight is 393 g/mol. The highest BCUT2D eigenvalue weighted by Gasteiger charge is 2.25. The molecule has 0 saturated heterocycles. The van der Waals surface area contributed by atoms with Crippen LogP contribution < -0.4 is 10.6 Å². The first kappa shape index (κ1) is 19.7. The quantitative estimate of drug-likeness (QED) is 0.420. The van der Waals surface area contributed by atoms with Gasteiger partial charge in [0.1, 0.15) is 6.04 Å². The van der Waals surface area contributed by atoms with Crippen LogP contribution in [0.1, 0.15) is 34.5 Å². The Labute approximate surface area is 166 Å². The van der Waals surface area contributed by atoms with Crippen molar-refractivity contribution in [3.8, 4) is 0 Å². The van der Waals surface area contributed by atoms with Gasteiger partial charge in [0, 0.05) is 23.4 Å². The van der Waals surface area contributed by atoms with Gasteiger partial charge < -0.3 is 10.6 Å². The zero-order valence-electron chi connectivity index (χ0n) is 15.6. The monoisotopic (exact) mass is 393 g/mol. The van der Waals surface area contributed by atoms with Gasteiger partial charge in [-0.15, -0.1) is 0 Å². The van der Waals surface area contributed by atoms with E-state index >= 15 is 0 Å². The number of nitrogens with zero attached hydrogens (tertiary/aromatic N) is 2. The first-order valence-corrected chi connectivity index (χ1v) is 8.92. The van der Waals surface area contributed by atoms with Crippen molar-refractivity contribution in [2.45, 2.75) is 19.4 Å². The number of aromatic nitrogens is 2. The smallest absolute Gasteiger partial charge is 0.273 e. The lowest BCUT2D eigenvalue weighted by Gasteiger charge is -2.18. The van der Waals surface area contributed by atoms with Crippen LogP contribution in [0.3, 0.4) is 0 Å². The fraction of sp³-hybridized carbons (Fsp3) is 0.150. The maximum atomic E-state index is 12.8. The molecule has 0 unspecified atom stereocenters. The molecule has 9 heteroatoms. The number of rotatable bonds is 7. The molecule has 2 aromatic carbocycles. The van der Waals surface area contributed by atoms with E-state index in [9.17, 15) is 19.7 Å². The Balaban J connectivity index is 1.87. The molecule has 3 rings (SSSR count). The lowest BCUT2D eigenvalue weighted by molar-refractivity contribution is -0.385. The van der Waals surface area contributed by atoms with Crippen LogP contribution in [0.5, 0.6) is 0 Å². The first-order valence-electron chi connectivity index (χ1n) is 8.92. The third-order valence-electron chi connectivity index (χ3n) is 4.36. The van der Waals surface area contributed by atoms with Crippen LogP contribution in [-0.2, 0) is 11.2 Å². The van der Waals surface area contributed by atoms with Crippen molar-refractivity contribution in [1.29, 1.82) is 0 Å². The second-order valence-corrected chi connectivity index (χ2v) is 6.25. The van der Waals surface area contributed by atoms with Gasteiger partial charge in [-0.3, -0.25) is 24.8 Å². The highest BCUT2D eigenvalue weighted by atomic mass is 16.6. The SMILES string of the molecule is CCc1ccc(C(=O)N[C@H](C(=O)Nc2cn[nH]c2)c2ccccc2)cc1[N+](=O)[O-]. The Morgan fingerprint density at radius 2 is 1.97 bits per heavy atom. The largest absolute Gasteiger partial charge is 0.336 e. The molecule has 148 valence electrons. The molecule has 0 aliphatic heterocycles. The summed E-state index contributed by atoms with van der Waals surface area (Å²) >= 11 is 0. The van der Waals surface area contributed by atoms with E-state index < -0.39 is 22.8 Å². The summed E-state index contributed by atoms with van der Waals surface area (Å²) in [5.74, 6) is -1.06. The van der Waals surface area contributed by atoms with Crippen molar-refractivity contribution in [3.05, 3.63) is 87.7 Å². The van der Waals surface area contributed by atoms with Gasteiger partial charge in [0.05, 0.1) is 16.8 Å². The van der Waals surface area contributed by atoms with Crippen molar-refractivity contribution in [3.63, 3.8) is 0 Å². The molecule has 0 spiro atoms. The minimum atomic E-state index is -0.997. The molecule has 9 nitrogen and oxygen atoms in total. The van der Waals surface area contributed by atoms with Crippen molar-refractivity contribution in [2.75, 3.05) is 5.32 Å². The van der Waals surface area contributed by atoms with Crippen LogP contribution in [0.25, 0.3) is 0 Å². The Morgan fingerprint density at radius 1 is 1.21 bits per heavy atom. The van der Waals surface area contributed by atoms with Gasteiger partial charge in [0.25, 0.3) is 17.5 Å². The molecule has 2 amide bonds. The van der Waals surface area contributed by atoms with Gasteiger partial charge in [-0.2, -0.15) is 5.10 Å². The lowest BCUT2D eigenvalue weighted by atomic mass is 10.0. The molecule has 3 aromatic rings. The highest BCUT2D eigenvalue weighted by Crippen LogP contribution is 2.22. The van der Waals surface area contributed by atoms with E-state index in [0.717, 1.165) is 0 Å². The molecule has 0 aliphatic carbocycles. The molecular formula is C20H19N5O4. The zero-order chi connectivity index (χ0) is 20.8. The van der Waals surface area contributed by atoms with Crippen LogP contribution in [-0.4, -0.2) is 26.9 Å². The van der Waals surface area contributed by atoms with Crippen LogP contribution in [0.15, 0.2) is 60.9 Å². The summed E-state index contributed by atoms with van der Waals surface area (Å²) in [5, 5.41) is 23.0. The average Bonchev–Trinajstić information content (AvgIpc) is 3.24. The molecular weight excluding hydrogens is 374 g/mol. The van der Waals surface area contributed by atoms with E-state index in [1.165, 1.54) is 24.5 Å².